The maximum absolute atomic E-state index is 13.4. The van der Waals surface area contributed by atoms with E-state index in [1.807, 2.05) is 6.92 Å². The van der Waals surface area contributed by atoms with Gasteiger partial charge in [0, 0.05) is 19.6 Å². The Labute approximate surface area is 182 Å². The van der Waals surface area contributed by atoms with Crippen LogP contribution in [0.2, 0.25) is 0 Å². The zero-order chi connectivity index (χ0) is 22.8. The summed E-state index contributed by atoms with van der Waals surface area (Å²) in [6.07, 6.45) is 4.75. The fourth-order valence-corrected chi connectivity index (χ4v) is 4.08. The number of fused-ring (bicyclic) bond motifs is 1. The van der Waals surface area contributed by atoms with E-state index >= 15 is 0 Å². The zero-order valence-electron chi connectivity index (χ0n) is 19.3. The van der Waals surface area contributed by atoms with E-state index in [2.05, 4.69) is 0 Å². The van der Waals surface area contributed by atoms with Gasteiger partial charge in [0.25, 0.3) is 5.56 Å². The molecular formula is C22H34N4O5. The van der Waals surface area contributed by atoms with E-state index in [1.165, 1.54) is 9.13 Å². The molecule has 0 amide bonds. The highest BCUT2D eigenvalue weighted by molar-refractivity contribution is 5.75. The molecule has 0 aromatic carbocycles. The standard InChI is InChI=1S/C22H34N4O5/c1-6-11-25-19(27)16-18(24(21(25)29)12-13-30-5)23-17(15-9-7-8-10-15)26(16)14-31-20(28)22(2,3)4/h15H,6-14H2,1-5H3. The molecule has 1 aliphatic carbocycles. The Balaban J connectivity index is 2.23. The Morgan fingerprint density at radius 2 is 1.77 bits per heavy atom. The second-order valence-corrected chi connectivity index (χ2v) is 9.25. The summed E-state index contributed by atoms with van der Waals surface area (Å²) in [7, 11) is 1.57. The SMILES string of the molecule is CCCn1c(=O)c2c(nc(C3CCCC3)n2COC(=O)C(C)(C)C)n(CCOC)c1=O. The van der Waals surface area contributed by atoms with E-state index in [4.69, 9.17) is 14.5 Å². The second kappa shape index (κ2) is 9.38. The minimum absolute atomic E-state index is 0.0950. The molecule has 0 bridgehead atoms. The van der Waals surface area contributed by atoms with E-state index < -0.39 is 5.41 Å². The molecule has 1 fully saturated rings. The van der Waals surface area contributed by atoms with Crippen LogP contribution in [0.4, 0.5) is 0 Å². The van der Waals surface area contributed by atoms with Crippen LogP contribution in [-0.2, 0) is 34.1 Å². The minimum atomic E-state index is -0.660. The first kappa shape index (κ1) is 23.2. The van der Waals surface area contributed by atoms with Gasteiger partial charge in [0.05, 0.1) is 18.6 Å². The summed E-state index contributed by atoms with van der Waals surface area (Å²) < 4.78 is 15.2. The van der Waals surface area contributed by atoms with E-state index in [0.29, 0.717) is 43.1 Å². The van der Waals surface area contributed by atoms with E-state index in [0.717, 1.165) is 25.7 Å². The minimum Gasteiger partial charge on any atom is -0.443 e. The number of aromatic nitrogens is 4. The normalized spacial score (nSPS) is 15.1. The Morgan fingerprint density at radius 1 is 1.10 bits per heavy atom. The van der Waals surface area contributed by atoms with Crippen molar-refractivity contribution in [2.24, 2.45) is 5.41 Å². The average Bonchev–Trinajstić information content (AvgIpc) is 3.36. The first-order valence-corrected chi connectivity index (χ1v) is 11.1. The van der Waals surface area contributed by atoms with Gasteiger partial charge < -0.3 is 9.47 Å². The summed E-state index contributed by atoms with van der Waals surface area (Å²) in [5.41, 5.74) is -0.780. The fraction of sp³-hybridized carbons (Fsp3) is 0.727. The lowest BCUT2D eigenvalue weighted by Crippen LogP contribution is -2.41. The molecule has 0 saturated heterocycles. The van der Waals surface area contributed by atoms with Crippen LogP contribution in [0.3, 0.4) is 0 Å². The van der Waals surface area contributed by atoms with Gasteiger partial charge in [0.1, 0.15) is 5.82 Å². The predicted octanol–water partition coefficient (Wildman–Crippen LogP) is 2.62. The highest BCUT2D eigenvalue weighted by Gasteiger charge is 2.29. The lowest BCUT2D eigenvalue weighted by atomic mass is 9.98. The predicted molar refractivity (Wildman–Crippen MR) is 117 cm³/mol. The summed E-state index contributed by atoms with van der Waals surface area (Å²) in [5.74, 6) is 0.533. The van der Waals surface area contributed by atoms with Crippen molar-refractivity contribution in [3.05, 3.63) is 26.7 Å². The lowest BCUT2D eigenvalue weighted by molar-refractivity contribution is -0.156. The number of imidazole rings is 1. The van der Waals surface area contributed by atoms with Crippen molar-refractivity contribution in [1.82, 2.24) is 18.7 Å². The number of hydrogen-bond donors (Lipinski definition) is 0. The van der Waals surface area contributed by atoms with Gasteiger partial charge in [0.15, 0.2) is 17.9 Å². The third-order valence-corrected chi connectivity index (χ3v) is 5.77. The Kier molecular flexibility index (Phi) is 7.03. The number of nitrogens with zero attached hydrogens (tertiary/aromatic N) is 4. The largest absolute Gasteiger partial charge is 0.443 e. The van der Waals surface area contributed by atoms with Gasteiger partial charge in [-0.25, -0.2) is 9.78 Å². The van der Waals surface area contributed by atoms with Crippen LogP contribution in [0.1, 0.15) is 71.5 Å². The van der Waals surface area contributed by atoms with Crippen LogP contribution >= 0.6 is 0 Å². The van der Waals surface area contributed by atoms with Crippen molar-refractivity contribution >= 4 is 17.1 Å². The quantitative estimate of drug-likeness (QED) is 0.593. The summed E-state index contributed by atoms with van der Waals surface area (Å²) in [4.78, 5) is 43.7. The number of carbonyl (C=O) groups is 1. The van der Waals surface area contributed by atoms with Crippen LogP contribution < -0.4 is 11.2 Å². The molecule has 0 aliphatic heterocycles. The van der Waals surface area contributed by atoms with Crippen LogP contribution in [0.15, 0.2) is 9.59 Å². The van der Waals surface area contributed by atoms with Crippen molar-refractivity contribution in [2.45, 2.75) is 85.5 Å². The molecule has 2 heterocycles. The van der Waals surface area contributed by atoms with Crippen LogP contribution in [0, 0.1) is 5.41 Å². The number of ether oxygens (including phenoxy) is 2. The van der Waals surface area contributed by atoms with E-state index in [-0.39, 0.29) is 29.9 Å². The Hall–Kier alpha value is -2.42. The molecule has 0 radical (unpaired) electrons. The first-order chi connectivity index (χ1) is 14.7. The Bertz CT molecular complexity index is 1050. The molecular weight excluding hydrogens is 400 g/mol. The average molecular weight is 435 g/mol. The maximum atomic E-state index is 13.4. The van der Waals surface area contributed by atoms with E-state index in [1.54, 1.807) is 32.4 Å². The molecule has 31 heavy (non-hydrogen) atoms. The van der Waals surface area contributed by atoms with Crippen molar-refractivity contribution < 1.29 is 14.3 Å². The first-order valence-electron chi connectivity index (χ1n) is 11.1. The highest BCUT2D eigenvalue weighted by atomic mass is 16.5. The number of hydrogen-bond acceptors (Lipinski definition) is 6. The number of esters is 1. The summed E-state index contributed by atoms with van der Waals surface area (Å²) in [6, 6.07) is 0. The molecule has 0 N–H and O–H groups in total. The second-order valence-electron chi connectivity index (χ2n) is 9.25. The van der Waals surface area contributed by atoms with Crippen molar-refractivity contribution in [3.8, 4) is 0 Å². The molecule has 2 aromatic heterocycles. The monoisotopic (exact) mass is 434 g/mol. The van der Waals surface area contributed by atoms with Gasteiger partial charge >= 0.3 is 11.7 Å². The number of rotatable bonds is 8. The Morgan fingerprint density at radius 3 is 2.35 bits per heavy atom. The summed E-state index contributed by atoms with van der Waals surface area (Å²) in [5, 5.41) is 0. The van der Waals surface area contributed by atoms with Crippen LogP contribution in [0.25, 0.3) is 11.2 Å². The third kappa shape index (κ3) is 4.61. The van der Waals surface area contributed by atoms with Gasteiger partial charge in [-0.2, -0.15) is 0 Å². The fourth-order valence-electron chi connectivity index (χ4n) is 4.08. The van der Waals surface area contributed by atoms with Crippen LogP contribution in [-0.4, -0.2) is 38.4 Å². The van der Waals surface area contributed by atoms with Gasteiger partial charge in [-0.15, -0.1) is 0 Å². The van der Waals surface area contributed by atoms with Gasteiger partial charge in [-0.1, -0.05) is 19.8 Å². The highest BCUT2D eigenvalue weighted by Crippen LogP contribution is 2.34. The summed E-state index contributed by atoms with van der Waals surface area (Å²) in [6.45, 7) is 8.11. The molecule has 1 aliphatic rings. The van der Waals surface area contributed by atoms with Crippen molar-refractivity contribution in [2.75, 3.05) is 13.7 Å². The molecule has 9 heteroatoms. The molecule has 0 spiro atoms. The number of methoxy groups -OCH3 is 1. The molecule has 9 nitrogen and oxygen atoms in total. The van der Waals surface area contributed by atoms with Crippen molar-refractivity contribution in [1.29, 1.82) is 0 Å². The van der Waals surface area contributed by atoms with Crippen LogP contribution in [0.5, 0.6) is 0 Å². The molecule has 3 rings (SSSR count). The van der Waals surface area contributed by atoms with Crippen molar-refractivity contribution in [3.63, 3.8) is 0 Å². The topological polar surface area (TPSA) is 97.4 Å². The molecule has 2 aromatic rings. The van der Waals surface area contributed by atoms with Gasteiger partial charge in [0.2, 0.25) is 0 Å². The molecule has 1 saturated carbocycles. The molecule has 0 unspecified atom stereocenters. The molecule has 0 atom stereocenters. The maximum Gasteiger partial charge on any atom is 0.332 e. The lowest BCUT2D eigenvalue weighted by Gasteiger charge is -2.19. The van der Waals surface area contributed by atoms with Gasteiger partial charge in [-0.05, 0) is 40.0 Å². The van der Waals surface area contributed by atoms with E-state index in [9.17, 15) is 14.4 Å². The summed E-state index contributed by atoms with van der Waals surface area (Å²) >= 11 is 0. The number of carbonyl (C=O) groups excluding carboxylic acids is 1. The zero-order valence-corrected chi connectivity index (χ0v) is 19.3. The molecule has 172 valence electrons. The smallest absolute Gasteiger partial charge is 0.332 e. The van der Waals surface area contributed by atoms with Gasteiger partial charge in [-0.3, -0.25) is 23.3 Å². The third-order valence-electron chi connectivity index (χ3n) is 5.77.